The zero-order chi connectivity index (χ0) is 13.4. The van der Waals surface area contributed by atoms with E-state index in [0.29, 0.717) is 24.0 Å². The van der Waals surface area contributed by atoms with Crippen molar-refractivity contribution in [3.8, 4) is 5.75 Å². The van der Waals surface area contributed by atoms with E-state index in [2.05, 4.69) is 15.9 Å². The van der Waals surface area contributed by atoms with Crippen LogP contribution in [-0.2, 0) is 11.2 Å². The van der Waals surface area contributed by atoms with Gasteiger partial charge >= 0.3 is 0 Å². The Balaban J connectivity index is 1.68. The van der Waals surface area contributed by atoms with E-state index in [1.54, 1.807) is 7.11 Å². The number of methoxy groups -OCH3 is 1. The molecule has 0 amide bonds. The third kappa shape index (κ3) is 2.58. The van der Waals surface area contributed by atoms with E-state index >= 15 is 0 Å². The highest BCUT2D eigenvalue weighted by molar-refractivity contribution is 9.10. The first kappa shape index (κ1) is 13.2. The van der Waals surface area contributed by atoms with Crippen molar-refractivity contribution in [3.63, 3.8) is 0 Å². The van der Waals surface area contributed by atoms with Crippen LogP contribution in [0.1, 0.15) is 31.2 Å². The fourth-order valence-corrected chi connectivity index (χ4v) is 4.38. The smallest absolute Gasteiger partial charge is 0.140 e. The van der Waals surface area contributed by atoms with Crippen molar-refractivity contribution in [3.05, 3.63) is 28.2 Å². The zero-order valence-corrected chi connectivity index (χ0v) is 12.8. The van der Waals surface area contributed by atoms with Crippen LogP contribution in [0.25, 0.3) is 0 Å². The molecule has 2 nitrogen and oxygen atoms in total. The molecule has 1 aromatic carbocycles. The lowest BCUT2D eigenvalue weighted by Crippen LogP contribution is -2.22. The van der Waals surface area contributed by atoms with Crippen molar-refractivity contribution in [2.24, 2.45) is 17.8 Å². The minimum atomic E-state index is 0.333. The highest BCUT2D eigenvalue weighted by atomic mass is 79.9. The maximum absolute atomic E-state index is 12.4. The minimum absolute atomic E-state index is 0.333. The SMILES string of the molecule is COc1ccc(CC(=O)C2CC3CCC2C3)cc1Br. The molecule has 1 aromatic rings. The van der Waals surface area contributed by atoms with Crippen LogP contribution in [0.2, 0.25) is 0 Å². The lowest BCUT2D eigenvalue weighted by atomic mass is 9.83. The zero-order valence-electron chi connectivity index (χ0n) is 11.2. The van der Waals surface area contributed by atoms with Crippen molar-refractivity contribution in [2.45, 2.75) is 32.1 Å². The Morgan fingerprint density at radius 1 is 1.37 bits per heavy atom. The lowest BCUT2D eigenvalue weighted by molar-refractivity contribution is -0.123. The summed E-state index contributed by atoms with van der Waals surface area (Å²) in [7, 11) is 1.65. The Labute approximate surface area is 122 Å². The summed E-state index contributed by atoms with van der Waals surface area (Å²) in [6.07, 6.45) is 5.62. The summed E-state index contributed by atoms with van der Waals surface area (Å²) < 4.78 is 6.14. The minimum Gasteiger partial charge on any atom is -0.496 e. The number of hydrogen-bond donors (Lipinski definition) is 0. The third-order valence-electron chi connectivity index (χ3n) is 4.75. The Kier molecular flexibility index (Phi) is 3.66. The molecule has 0 aliphatic heterocycles. The van der Waals surface area contributed by atoms with Gasteiger partial charge in [0.25, 0.3) is 0 Å². The van der Waals surface area contributed by atoms with Crippen LogP contribution in [0.3, 0.4) is 0 Å². The molecule has 2 bridgehead atoms. The highest BCUT2D eigenvalue weighted by Crippen LogP contribution is 2.48. The van der Waals surface area contributed by atoms with Gasteiger partial charge in [0.05, 0.1) is 11.6 Å². The molecule has 3 atom stereocenters. The molecule has 3 heteroatoms. The van der Waals surface area contributed by atoms with E-state index in [-0.39, 0.29) is 0 Å². The number of ketones is 1. The van der Waals surface area contributed by atoms with Crippen LogP contribution in [0.15, 0.2) is 22.7 Å². The van der Waals surface area contributed by atoms with Gasteiger partial charge in [0.15, 0.2) is 0 Å². The van der Waals surface area contributed by atoms with Gasteiger partial charge in [-0.25, -0.2) is 0 Å². The molecule has 0 N–H and O–H groups in total. The van der Waals surface area contributed by atoms with Crippen LogP contribution in [0.4, 0.5) is 0 Å². The maximum atomic E-state index is 12.4. The maximum Gasteiger partial charge on any atom is 0.140 e. The summed E-state index contributed by atoms with van der Waals surface area (Å²) in [5.74, 6) is 3.10. The molecule has 0 heterocycles. The monoisotopic (exact) mass is 322 g/mol. The van der Waals surface area contributed by atoms with Gasteiger partial charge in [-0.1, -0.05) is 12.5 Å². The number of rotatable bonds is 4. The number of carbonyl (C=O) groups excluding carboxylic acids is 1. The molecule has 19 heavy (non-hydrogen) atoms. The van der Waals surface area contributed by atoms with Crippen molar-refractivity contribution >= 4 is 21.7 Å². The van der Waals surface area contributed by atoms with Gasteiger partial charge in [0, 0.05) is 12.3 Å². The fraction of sp³-hybridized carbons (Fsp3) is 0.562. The van der Waals surface area contributed by atoms with Crippen molar-refractivity contribution in [1.82, 2.24) is 0 Å². The summed E-state index contributed by atoms with van der Waals surface area (Å²) in [5, 5.41) is 0. The number of fused-ring (bicyclic) bond motifs is 2. The van der Waals surface area contributed by atoms with E-state index < -0.39 is 0 Å². The van der Waals surface area contributed by atoms with Crippen LogP contribution in [0.5, 0.6) is 5.75 Å². The molecule has 2 aliphatic rings. The van der Waals surface area contributed by atoms with Crippen LogP contribution >= 0.6 is 15.9 Å². The van der Waals surface area contributed by atoms with Gasteiger partial charge < -0.3 is 4.74 Å². The molecule has 2 saturated carbocycles. The number of halogens is 1. The number of benzene rings is 1. The van der Waals surface area contributed by atoms with Gasteiger partial charge in [0.1, 0.15) is 11.5 Å². The van der Waals surface area contributed by atoms with Gasteiger partial charge in [-0.2, -0.15) is 0 Å². The first-order chi connectivity index (χ1) is 9.17. The highest BCUT2D eigenvalue weighted by Gasteiger charge is 2.42. The van der Waals surface area contributed by atoms with Crippen LogP contribution in [-0.4, -0.2) is 12.9 Å². The number of ether oxygens (including phenoxy) is 1. The molecule has 2 aliphatic carbocycles. The summed E-state index contributed by atoms with van der Waals surface area (Å²) in [4.78, 5) is 12.4. The Hall–Kier alpha value is -0.830. The second-order valence-corrected chi connectivity index (χ2v) is 6.75. The topological polar surface area (TPSA) is 26.3 Å². The molecular weight excluding hydrogens is 304 g/mol. The van der Waals surface area contributed by atoms with E-state index in [4.69, 9.17) is 4.74 Å². The first-order valence-corrected chi connectivity index (χ1v) is 7.82. The predicted molar refractivity (Wildman–Crippen MR) is 78.3 cm³/mol. The number of Topliss-reactive ketones (excluding diaryl/α,β-unsaturated/α-hetero) is 1. The molecule has 0 radical (unpaired) electrons. The third-order valence-corrected chi connectivity index (χ3v) is 5.37. The molecule has 3 rings (SSSR count). The van der Waals surface area contributed by atoms with Gasteiger partial charge in [0.2, 0.25) is 0 Å². The normalized spacial score (nSPS) is 28.6. The summed E-state index contributed by atoms with van der Waals surface area (Å²) in [6.45, 7) is 0. The molecule has 102 valence electrons. The van der Waals surface area contributed by atoms with Gasteiger partial charge in [-0.15, -0.1) is 0 Å². The van der Waals surface area contributed by atoms with Gasteiger partial charge in [-0.3, -0.25) is 4.79 Å². The predicted octanol–water partition coefficient (Wildman–Crippen LogP) is 4.01. The quantitative estimate of drug-likeness (QED) is 0.837. The molecule has 0 saturated heterocycles. The number of hydrogen-bond acceptors (Lipinski definition) is 2. The first-order valence-electron chi connectivity index (χ1n) is 7.02. The fourth-order valence-electron chi connectivity index (χ4n) is 3.79. The largest absolute Gasteiger partial charge is 0.496 e. The van der Waals surface area contributed by atoms with Crippen molar-refractivity contribution in [2.75, 3.05) is 7.11 Å². The molecular formula is C16H19BrO2. The molecule has 0 aromatic heterocycles. The van der Waals surface area contributed by atoms with E-state index in [0.717, 1.165) is 28.1 Å². The molecule has 3 unspecified atom stereocenters. The van der Waals surface area contributed by atoms with Crippen molar-refractivity contribution in [1.29, 1.82) is 0 Å². The second kappa shape index (κ2) is 5.28. The standard InChI is InChI=1S/C16H19BrO2/c1-19-16-5-3-11(8-14(16)17)9-15(18)13-7-10-2-4-12(13)6-10/h3,5,8,10,12-13H,2,4,6-7,9H2,1H3. The molecule has 0 spiro atoms. The van der Waals surface area contributed by atoms with Gasteiger partial charge in [-0.05, 0) is 64.7 Å². The Morgan fingerprint density at radius 3 is 2.79 bits per heavy atom. The molecule has 2 fully saturated rings. The number of carbonyl (C=O) groups is 1. The van der Waals surface area contributed by atoms with E-state index in [1.807, 2.05) is 18.2 Å². The average Bonchev–Trinajstić information content (AvgIpc) is 3.01. The second-order valence-electron chi connectivity index (χ2n) is 5.89. The Morgan fingerprint density at radius 2 is 2.21 bits per heavy atom. The van der Waals surface area contributed by atoms with E-state index in [1.165, 1.54) is 19.3 Å². The van der Waals surface area contributed by atoms with Crippen LogP contribution in [0, 0.1) is 17.8 Å². The van der Waals surface area contributed by atoms with Crippen LogP contribution < -0.4 is 4.74 Å². The summed E-state index contributed by atoms with van der Waals surface area (Å²) in [5.41, 5.74) is 1.08. The van der Waals surface area contributed by atoms with Crippen molar-refractivity contribution < 1.29 is 9.53 Å². The summed E-state index contributed by atoms with van der Waals surface area (Å²) in [6, 6.07) is 5.92. The van der Waals surface area contributed by atoms with E-state index in [9.17, 15) is 4.79 Å². The lowest BCUT2D eigenvalue weighted by Gasteiger charge is -2.20. The summed E-state index contributed by atoms with van der Waals surface area (Å²) >= 11 is 3.48. The Bertz CT molecular complexity index is 498. The average molecular weight is 323 g/mol.